The molecule has 0 aliphatic carbocycles. The van der Waals surface area contributed by atoms with E-state index in [1.165, 1.54) is 24.3 Å². The van der Waals surface area contributed by atoms with Crippen molar-refractivity contribution in [2.75, 3.05) is 5.32 Å². The van der Waals surface area contributed by atoms with Gasteiger partial charge in [0.25, 0.3) is 11.6 Å². The Morgan fingerprint density at radius 2 is 1.68 bits per heavy atom. The van der Waals surface area contributed by atoms with Crippen molar-refractivity contribution in [3.8, 4) is 17.1 Å². The minimum atomic E-state index is -0.674. The number of rotatable bonds is 4. The van der Waals surface area contributed by atoms with Gasteiger partial charge in [-0.3, -0.25) is 14.9 Å². The summed E-state index contributed by atoms with van der Waals surface area (Å²) in [6.07, 6.45) is 0. The Morgan fingerprint density at radius 3 is 2.19 bits per heavy atom. The highest BCUT2D eigenvalue weighted by Crippen LogP contribution is 2.35. The molecule has 7 nitrogen and oxygen atoms in total. The minimum Gasteiger partial charge on any atom is -0.507 e. The van der Waals surface area contributed by atoms with Crippen molar-refractivity contribution in [2.45, 2.75) is 34.6 Å². The first kappa shape index (κ1) is 26.0. The van der Waals surface area contributed by atoms with Crippen LogP contribution in [0.15, 0.2) is 46.9 Å². The fourth-order valence-corrected chi connectivity index (χ4v) is 2.90. The lowest BCUT2D eigenvalue weighted by atomic mass is 10.1. The van der Waals surface area contributed by atoms with Crippen LogP contribution in [0.2, 0.25) is 10.0 Å². The maximum Gasteiger partial charge on any atom is 0.271 e. The van der Waals surface area contributed by atoms with E-state index in [4.69, 9.17) is 27.6 Å². The number of nitro benzene ring substituents is 1. The molecule has 1 heterocycles. The molecule has 0 aliphatic heterocycles. The largest absolute Gasteiger partial charge is 0.507 e. The summed E-state index contributed by atoms with van der Waals surface area (Å²) in [5.74, 6) is 0.152. The van der Waals surface area contributed by atoms with E-state index in [2.05, 4.69) is 5.32 Å². The summed E-state index contributed by atoms with van der Waals surface area (Å²) in [6, 6.07) is 9.71. The maximum absolute atomic E-state index is 12.5. The number of hydrogen-bond acceptors (Lipinski definition) is 5. The van der Waals surface area contributed by atoms with Gasteiger partial charge in [-0.1, -0.05) is 50.9 Å². The van der Waals surface area contributed by atoms with E-state index in [0.29, 0.717) is 17.1 Å². The summed E-state index contributed by atoms with van der Waals surface area (Å²) in [6.45, 7) is 9.77. The predicted molar refractivity (Wildman–Crippen MR) is 124 cm³/mol. The van der Waals surface area contributed by atoms with Gasteiger partial charge < -0.3 is 14.8 Å². The zero-order chi connectivity index (χ0) is 23.7. The fourth-order valence-electron chi connectivity index (χ4n) is 2.42. The summed E-state index contributed by atoms with van der Waals surface area (Å²) in [7, 11) is 0. The van der Waals surface area contributed by atoms with Crippen molar-refractivity contribution in [1.29, 1.82) is 0 Å². The molecule has 166 valence electrons. The first-order valence-corrected chi connectivity index (χ1v) is 10.4. The number of carbonyl (C=O) groups is 1. The van der Waals surface area contributed by atoms with Crippen LogP contribution in [0.5, 0.6) is 5.75 Å². The molecule has 0 aliphatic rings. The normalized spacial score (nSPS) is 9.65. The third-order valence-electron chi connectivity index (χ3n) is 3.75. The van der Waals surface area contributed by atoms with Crippen molar-refractivity contribution < 1.29 is 19.2 Å². The Labute approximate surface area is 190 Å². The molecule has 3 aromatic rings. The molecule has 0 radical (unpaired) electrons. The number of nitrogens with zero attached hydrogens (tertiary/aromatic N) is 1. The van der Waals surface area contributed by atoms with Crippen LogP contribution in [-0.4, -0.2) is 15.9 Å². The average molecular weight is 467 g/mol. The molecule has 9 heteroatoms. The number of nitrogens with one attached hydrogen (secondary N) is 1. The molecule has 1 aromatic heterocycles. The first-order valence-electron chi connectivity index (χ1n) is 9.61. The topological polar surface area (TPSA) is 106 Å². The molecule has 1 amide bonds. The quantitative estimate of drug-likeness (QED) is 0.306. The summed E-state index contributed by atoms with van der Waals surface area (Å²) < 4.78 is 5.48. The lowest BCUT2D eigenvalue weighted by Crippen LogP contribution is -2.12. The van der Waals surface area contributed by atoms with Gasteiger partial charge >= 0.3 is 0 Å². The monoisotopic (exact) mass is 466 g/mol. The van der Waals surface area contributed by atoms with Crippen LogP contribution in [0, 0.1) is 17.0 Å². The van der Waals surface area contributed by atoms with Crippen molar-refractivity contribution in [3.63, 3.8) is 0 Å². The van der Waals surface area contributed by atoms with Gasteiger partial charge in [0, 0.05) is 17.7 Å². The Bertz CT molecular complexity index is 1060. The highest BCUT2D eigenvalue weighted by molar-refractivity contribution is 6.35. The van der Waals surface area contributed by atoms with E-state index in [1.54, 1.807) is 19.1 Å². The van der Waals surface area contributed by atoms with Gasteiger partial charge in [0.1, 0.15) is 17.3 Å². The van der Waals surface area contributed by atoms with Gasteiger partial charge in [-0.05, 0) is 37.3 Å². The number of furan rings is 1. The number of aromatic hydroxyl groups is 1. The lowest BCUT2D eigenvalue weighted by molar-refractivity contribution is -0.384. The fraction of sp³-hybridized carbons (Fsp3) is 0.227. The van der Waals surface area contributed by atoms with E-state index in [9.17, 15) is 20.0 Å². The van der Waals surface area contributed by atoms with Crippen LogP contribution in [-0.2, 0) is 0 Å². The van der Waals surface area contributed by atoms with Crippen LogP contribution in [0.25, 0.3) is 11.3 Å². The Hall–Kier alpha value is -3.03. The zero-order valence-electron chi connectivity index (χ0n) is 17.8. The van der Waals surface area contributed by atoms with Crippen LogP contribution in [0.1, 0.15) is 43.8 Å². The lowest BCUT2D eigenvalue weighted by Gasteiger charge is -2.10. The van der Waals surface area contributed by atoms with Crippen LogP contribution in [0.3, 0.4) is 0 Å². The highest BCUT2D eigenvalue weighted by atomic mass is 35.5. The van der Waals surface area contributed by atoms with Gasteiger partial charge in [0.2, 0.25) is 0 Å². The SMILES string of the molecule is CC.CC.Cc1ccc(-c2cc(O)c(C(=O)Nc3ccc([N+](=O)[O-])cc3Cl)cc2Cl)o1. The second-order valence-corrected chi connectivity index (χ2v) is 6.45. The van der Waals surface area contributed by atoms with Crippen LogP contribution in [0.4, 0.5) is 11.4 Å². The van der Waals surface area contributed by atoms with Crippen molar-refractivity contribution in [3.05, 3.63) is 73.9 Å². The average Bonchev–Trinajstić information content (AvgIpc) is 3.19. The van der Waals surface area contributed by atoms with Gasteiger partial charge in [-0.15, -0.1) is 0 Å². The molecular formula is C22H24Cl2N2O5. The predicted octanol–water partition coefficient (Wildman–Crippen LogP) is 7.48. The number of aryl methyl sites for hydroxylation is 1. The van der Waals surface area contributed by atoms with Crippen molar-refractivity contribution in [2.24, 2.45) is 0 Å². The summed E-state index contributed by atoms with van der Waals surface area (Å²) in [5.41, 5.74) is 0.309. The second kappa shape index (κ2) is 12.0. The van der Waals surface area contributed by atoms with Gasteiger partial charge in [0.15, 0.2) is 0 Å². The number of anilines is 1. The third-order valence-corrected chi connectivity index (χ3v) is 4.37. The van der Waals surface area contributed by atoms with Crippen molar-refractivity contribution in [1.82, 2.24) is 0 Å². The van der Waals surface area contributed by atoms with E-state index in [0.717, 1.165) is 6.07 Å². The number of amides is 1. The van der Waals surface area contributed by atoms with Gasteiger partial charge in [-0.25, -0.2) is 0 Å². The number of hydrogen-bond donors (Lipinski definition) is 2. The number of carbonyl (C=O) groups excluding carboxylic acids is 1. The molecule has 31 heavy (non-hydrogen) atoms. The first-order chi connectivity index (χ1) is 14.8. The molecule has 0 atom stereocenters. The standard InChI is InChI=1S/C18H12Cl2N2O5.2C2H6/c1-9-2-5-17(27-9)11-8-16(23)12(7-13(11)19)18(24)21-15-4-3-10(22(25)26)6-14(15)20;2*1-2/h2-8,23H,1H3,(H,21,24);2*1-2H3. The number of halogens is 2. The highest BCUT2D eigenvalue weighted by Gasteiger charge is 2.19. The summed E-state index contributed by atoms with van der Waals surface area (Å²) >= 11 is 12.2. The molecule has 3 rings (SSSR count). The van der Waals surface area contributed by atoms with E-state index in [1.807, 2.05) is 27.7 Å². The second-order valence-electron chi connectivity index (χ2n) is 5.63. The maximum atomic E-state index is 12.5. The molecule has 0 bridgehead atoms. The van der Waals surface area contributed by atoms with Gasteiger partial charge in [0.05, 0.1) is 26.2 Å². The Morgan fingerprint density at radius 1 is 1.03 bits per heavy atom. The molecule has 2 N–H and O–H groups in total. The van der Waals surface area contributed by atoms with E-state index in [-0.39, 0.29) is 32.7 Å². The Kier molecular flexibility index (Phi) is 10.0. The molecule has 0 spiro atoms. The Balaban J connectivity index is 0.00000113. The van der Waals surface area contributed by atoms with Gasteiger partial charge in [-0.2, -0.15) is 0 Å². The number of nitro groups is 1. The molecule has 0 saturated heterocycles. The van der Waals surface area contributed by atoms with Crippen molar-refractivity contribution >= 4 is 40.5 Å². The van der Waals surface area contributed by atoms with E-state index < -0.39 is 10.8 Å². The van der Waals surface area contributed by atoms with E-state index >= 15 is 0 Å². The molecule has 2 aromatic carbocycles. The minimum absolute atomic E-state index is 0.00850. The number of phenolic OH excluding ortho intramolecular Hbond substituents is 1. The summed E-state index contributed by atoms with van der Waals surface area (Å²) in [4.78, 5) is 22.6. The number of phenols is 1. The number of benzene rings is 2. The molecule has 0 fully saturated rings. The summed E-state index contributed by atoms with van der Waals surface area (Å²) in [5, 5.41) is 23.7. The van der Waals surface area contributed by atoms with Crippen LogP contribution >= 0.6 is 23.2 Å². The molecule has 0 unspecified atom stereocenters. The smallest absolute Gasteiger partial charge is 0.271 e. The van der Waals surface area contributed by atoms with Crippen LogP contribution < -0.4 is 5.32 Å². The molecular weight excluding hydrogens is 443 g/mol. The zero-order valence-corrected chi connectivity index (χ0v) is 19.3. The third kappa shape index (κ3) is 6.47. The molecule has 0 saturated carbocycles. The number of non-ortho nitro benzene ring substituents is 1.